The Bertz CT molecular complexity index is 357. The average molecular weight is 286 g/mol. The smallest absolute Gasteiger partial charge is 0.0931 e. The lowest BCUT2D eigenvalue weighted by Gasteiger charge is -2.32. The van der Waals surface area contributed by atoms with E-state index in [1.54, 1.807) is 11.3 Å². The molecule has 1 nitrogen and oxygen atoms in total. The Morgan fingerprint density at radius 3 is 2.67 bits per heavy atom. The molecule has 0 bridgehead atoms. The molecule has 1 aliphatic rings. The Balaban J connectivity index is 1.92. The Labute approximate surface area is 120 Å². The van der Waals surface area contributed by atoms with Crippen LogP contribution in [-0.2, 0) is 0 Å². The van der Waals surface area contributed by atoms with Crippen LogP contribution in [0.5, 0.6) is 0 Å². The summed E-state index contributed by atoms with van der Waals surface area (Å²) in [6.45, 7) is 4.56. The van der Waals surface area contributed by atoms with Crippen molar-refractivity contribution in [3.8, 4) is 0 Å². The van der Waals surface area contributed by atoms with Crippen LogP contribution in [0.2, 0.25) is 4.34 Å². The second-order valence-electron chi connectivity index (χ2n) is 5.49. The monoisotopic (exact) mass is 285 g/mol. The SMILES string of the molecule is CCC(NC(C)c1csc(Cl)c1)C1CCCCC1. The van der Waals surface area contributed by atoms with Crippen molar-refractivity contribution in [3.63, 3.8) is 0 Å². The van der Waals surface area contributed by atoms with E-state index in [0.717, 1.165) is 10.3 Å². The summed E-state index contributed by atoms with van der Waals surface area (Å²) in [7, 11) is 0. The zero-order chi connectivity index (χ0) is 13.0. The van der Waals surface area contributed by atoms with E-state index < -0.39 is 0 Å². The van der Waals surface area contributed by atoms with E-state index >= 15 is 0 Å². The van der Waals surface area contributed by atoms with Crippen molar-refractivity contribution in [3.05, 3.63) is 21.3 Å². The van der Waals surface area contributed by atoms with Gasteiger partial charge in [0, 0.05) is 12.1 Å². The summed E-state index contributed by atoms with van der Waals surface area (Å²) in [5.41, 5.74) is 1.33. The quantitative estimate of drug-likeness (QED) is 0.762. The minimum Gasteiger partial charge on any atom is -0.307 e. The summed E-state index contributed by atoms with van der Waals surface area (Å²) in [6, 6.07) is 3.18. The van der Waals surface area contributed by atoms with Crippen LogP contribution in [0.4, 0.5) is 0 Å². The Kier molecular flexibility index (Phi) is 5.53. The molecule has 1 aromatic heterocycles. The lowest BCUT2D eigenvalue weighted by Crippen LogP contribution is -2.38. The predicted molar refractivity (Wildman–Crippen MR) is 81.5 cm³/mol. The third kappa shape index (κ3) is 3.72. The summed E-state index contributed by atoms with van der Waals surface area (Å²) in [4.78, 5) is 0. The first-order chi connectivity index (χ1) is 8.70. The molecule has 1 N–H and O–H groups in total. The molecular weight excluding hydrogens is 262 g/mol. The number of halogens is 1. The van der Waals surface area contributed by atoms with Crippen molar-refractivity contribution in [2.45, 2.75) is 64.5 Å². The molecule has 2 atom stereocenters. The summed E-state index contributed by atoms with van der Waals surface area (Å²) in [5.74, 6) is 0.875. The molecular formula is C15H24ClNS. The highest BCUT2D eigenvalue weighted by atomic mass is 35.5. The number of nitrogens with one attached hydrogen (secondary N) is 1. The predicted octanol–water partition coefficient (Wildman–Crippen LogP) is 5.41. The zero-order valence-corrected chi connectivity index (χ0v) is 13.0. The van der Waals surface area contributed by atoms with Crippen LogP contribution >= 0.6 is 22.9 Å². The van der Waals surface area contributed by atoms with Gasteiger partial charge in [-0.05, 0) is 49.1 Å². The molecule has 0 radical (unpaired) electrons. The van der Waals surface area contributed by atoms with E-state index in [1.165, 1.54) is 44.1 Å². The third-order valence-corrected chi connectivity index (χ3v) is 5.32. The molecule has 0 aliphatic heterocycles. The third-order valence-electron chi connectivity index (χ3n) is 4.21. The lowest BCUT2D eigenvalue weighted by molar-refractivity contribution is 0.249. The number of hydrogen-bond donors (Lipinski definition) is 1. The first-order valence-electron chi connectivity index (χ1n) is 7.20. The topological polar surface area (TPSA) is 12.0 Å². The van der Waals surface area contributed by atoms with Crippen LogP contribution < -0.4 is 5.32 Å². The van der Waals surface area contributed by atoms with E-state index in [4.69, 9.17) is 11.6 Å². The van der Waals surface area contributed by atoms with Gasteiger partial charge in [-0.1, -0.05) is 37.8 Å². The van der Waals surface area contributed by atoms with Gasteiger partial charge in [-0.15, -0.1) is 11.3 Å². The summed E-state index contributed by atoms with van der Waals surface area (Å²) >= 11 is 7.64. The van der Waals surface area contributed by atoms with E-state index in [2.05, 4.69) is 30.6 Å². The maximum atomic E-state index is 6.01. The summed E-state index contributed by atoms with van der Waals surface area (Å²) in [5, 5.41) is 5.99. The van der Waals surface area contributed by atoms with E-state index in [-0.39, 0.29) is 0 Å². The molecule has 0 spiro atoms. The molecule has 1 aromatic rings. The molecule has 2 rings (SSSR count). The fraction of sp³-hybridized carbons (Fsp3) is 0.733. The van der Waals surface area contributed by atoms with Gasteiger partial charge in [0.05, 0.1) is 4.34 Å². The van der Waals surface area contributed by atoms with Crippen LogP contribution in [0.1, 0.15) is 64.0 Å². The molecule has 2 unspecified atom stereocenters. The average Bonchev–Trinajstić information content (AvgIpc) is 2.83. The van der Waals surface area contributed by atoms with Crippen molar-refractivity contribution in [1.29, 1.82) is 0 Å². The van der Waals surface area contributed by atoms with Crippen molar-refractivity contribution in [2.75, 3.05) is 0 Å². The second-order valence-corrected chi connectivity index (χ2v) is 7.03. The Morgan fingerprint density at radius 1 is 1.39 bits per heavy atom. The maximum Gasteiger partial charge on any atom is 0.0931 e. The van der Waals surface area contributed by atoms with Gasteiger partial charge in [-0.3, -0.25) is 0 Å². The molecule has 102 valence electrons. The minimum absolute atomic E-state index is 0.417. The van der Waals surface area contributed by atoms with Gasteiger partial charge in [-0.25, -0.2) is 0 Å². The van der Waals surface area contributed by atoms with Gasteiger partial charge in [0.15, 0.2) is 0 Å². The van der Waals surface area contributed by atoms with E-state index in [0.29, 0.717) is 12.1 Å². The van der Waals surface area contributed by atoms with E-state index in [1.807, 2.05) is 0 Å². The number of rotatable bonds is 5. The Hall–Kier alpha value is -0.0500. The molecule has 1 heterocycles. The molecule has 0 aromatic carbocycles. The van der Waals surface area contributed by atoms with Gasteiger partial charge < -0.3 is 5.32 Å². The highest BCUT2D eigenvalue weighted by Crippen LogP contribution is 2.30. The summed E-state index contributed by atoms with van der Waals surface area (Å²) in [6.07, 6.45) is 8.31. The first-order valence-corrected chi connectivity index (χ1v) is 8.46. The van der Waals surface area contributed by atoms with Gasteiger partial charge in [-0.2, -0.15) is 0 Å². The standard InChI is InChI=1S/C15H24ClNS/c1-3-14(12-7-5-4-6-8-12)17-11(2)13-9-15(16)18-10-13/h9-12,14,17H,3-8H2,1-2H3. The van der Waals surface area contributed by atoms with Crippen LogP contribution in [0.3, 0.4) is 0 Å². The van der Waals surface area contributed by atoms with Crippen molar-refractivity contribution in [2.24, 2.45) is 5.92 Å². The van der Waals surface area contributed by atoms with Crippen molar-refractivity contribution >= 4 is 22.9 Å². The van der Waals surface area contributed by atoms with Gasteiger partial charge >= 0.3 is 0 Å². The van der Waals surface area contributed by atoms with Crippen molar-refractivity contribution < 1.29 is 0 Å². The lowest BCUT2D eigenvalue weighted by atomic mass is 9.82. The van der Waals surface area contributed by atoms with Crippen LogP contribution in [0.15, 0.2) is 11.4 Å². The molecule has 0 amide bonds. The highest BCUT2D eigenvalue weighted by molar-refractivity contribution is 7.14. The molecule has 1 fully saturated rings. The van der Waals surface area contributed by atoms with Crippen LogP contribution in [-0.4, -0.2) is 6.04 Å². The largest absolute Gasteiger partial charge is 0.307 e. The molecule has 1 aliphatic carbocycles. The fourth-order valence-electron chi connectivity index (χ4n) is 3.09. The Morgan fingerprint density at radius 2 is 2.11 bits per heavy atom. The fourth-order valence-corrected chi connectivity index (χ4v) is 4.08. The highest BCUT2D eigenvalue weighted by Gasteiger charge is 2.23. The summed E-state index contributed by atoms with van der Waals surface area (Å²) < 4.78 is 0.893. The minimum atomic E-state index is 0.417. The van der Waals surface area contributed by atoms with Gasteiger partial charge in [0.1, 0.15) is 0 Å². The van der Waals surface area contributed by atoms with Crippen molar-refractivity contribution in [1.82, 2.24) is 5.32 Å². The number of thiophene rings is 1. The van der Waals surface area contributed by atoms with Gasteiger partial charge in [0.25, 0.3) is 0 Å². The zero-order valence-electron chi connectivity index (χ0n) is 11.4. The molecule has 3 heteroatoms. The maximum absolute atomic E-state index is 6.01. The van der Waals surface area contributed by atoms with Crippen LogP contribution in [0, 0.1) is 5.92 Å². The van der Waals surface area contributed by atoms with Gasteiger partial charge in [0.2, 0.25) is 0 Å². The normalized spacial score (nSPS) is 20.8. The van der Waals surface area contributed by atoms with Crippen LogP contribution in [0.25, 0.3) is 0 Å². The molecule has 1 saturated carbocycles. The van der Waals surface area contributed by atoms with E-state index in [9.17, 15) is 0 Å². The molecule has 18 heavy (non-hydrogen) atoms. The second kappa shape index (κ2) is 6.93. The molecule has 0 saturated heterocycles. The number of hydrogen-bond acceptors (Lipinski definition) is 2. The first kappa shape index (κ1) is 14.4.